The van der Waals surface area contributed by atoms with Crippen molar-refractivity contribution in [2.45, 2.75) is 12.8 Å². The Morgan fingerprint density at radius 1 is 1.23 bits per heavy atom. The third kappa shape index (κ3) is 4.02. The number of rotatable bonds is 6. The number of nitrogens with zero attached hydrogens (tertiary/aromatic N) is 1. The second kappa shape index (κ2) is 7.56. The Balaban J connectivity index is 1.62. The van der Waals surface area contributed by atoms with Crippen LogP contribution in [0.4, 0.5) is 0 Å². The summed E-state index contributed by atoms with van der Waals surface area (Å²) in [6.45, 7) is 0.433. The minimum Gasteiger partial charge on any atom is -0.481 e. The first-order valence-corrected chi connectivity index (χ1v) is 8.66. The second-order valence-corrected chi connectivity index (χ2v) is 6.84. The fraction of sp³-hybridized carbons (Fsp3) is 0.350. The molecule has 2 unspecified atom stereocenters. The van der Waals surface area contributed by atoms with Gasteiger partial charge in [0.05, 0.1) is 11.8 Å². The van der Waals surface area contributed by atoms with E-state index >= 15 is 0 Å². The van der Waals surface area contributed by atoms with Gasteiger partial charge in [0.15, 0.2) is 0 Å². The molecule has 0 spiro atoms. The van der Waals surface area contributed by atoms with Crippen molar-refractivity contribution in [2.75, 3.05) is 20.1 Å². The summed E-state index contributed by atoms with van der Waals surface area (Å²) >= 11 is 0. The molecule has 0 radical (unpaired) electrons. The number of hydrogen-bond donors (Lipinski definition) is 2. The zero-order valence-corrected chi connectivity index (χ0v) is 14.6. The van der Waals surface area contributed by atoms with Crippen LogP contribution in [-0.2, 0) is 20.8 Å². The summed E-state index contributed by atoms with van der Waals surface area (Å²) in [6, 6.07) is 13.8. The standard InChI is InChI=1S/C20H22N2O4/c1-22-12-17(10-18(22)23)19(24)21-11-16(20(25)26)9-13-6-7-14-4-2-3-5-15(14)8-13/h2-8,16-17H,9-12H2,1H3,(H,21,24)(H,25,26). The largest absolute Gasteiger partial charge is 0.481 e. The molecule has 0 saturated carbocycles. The quantitative estimate of drug-likeness (QED) is 0.826. The predicted octanol–water partition coefficient (Wildman–Crippen LogP) is 1.68. The number of carbonyl (C=O) groups is 3. The van der Waals surface area contributed by atoms with Crippen LogP contribution in [0.5, 0.6) is 0 Å². The number of amides is 2. The number of fused-ring (bicyclic) bond motifs is 1. The molecule has 2 amide bonds. The minimum atomic E-state index is -0.946. The summed E-state index contributed by atoms with van der Waals surface area (Å²) < 4.78 is 0. The highest BCUT2D eigenvalue weighted by Gasteiger charge is 2.32. The normalized spacial score (nSPS) is 18.1. The molecule has 0 bridgehead atoms. The van der Waals surface area contributed by atoms with Crippen molar-refractivity contribution in [3.8, 4) is 0 Å². The third-order valence-corrected chi connectivity index (χ3v) is 4.88. The van der Waals surface area contributed by atoms with Gasteiger partial charge in [0, 0.05) is 26.6 Å². The number of benzene rings is 2. The van der Waals surface area contributed by atoms with Crippen LogP contribution in [0.1, 0.15) is 12.0 Å². The second-order valence-electron chi connectivity index (χ2n) is 6.84. The van der Waals surface area contributed by atoms with E-state index in [1.54, 1.807) is 7.05 Å². The Morgan fingerprint density at radius 2 is 1.96 bits per heavy atom. The molecule has 3 rings (SSSR count). The molecular formula is C20H22N2O4. The number of carbonyl (C=O) groups excluding carboxylic acids is 2. The molecule has 2 aromatic carbocycles. The van der Waals surface area contributed by atoms with Crippen molar-refractivity contribution < 1.29 is 19.5 Å². The lowest BCUT2D eigenvalue weighted by atomic mass is 9.96. The van der Waals surface area contributed by atoms with Gasteiger partial charge in [0.2, 0.25) is 11.8 Å². The molecule has 1 aliphatic heterocycles. The van der Waals surface area contributed by atoms with Crippen LogP contribution in [0.3, 0.4) is 0 Å². The summed E-state index contributed by atoms with van der Waals surface area (Å²) in [5.74, 6) is -2.38. The van der Waals surface area contributed by atoms with Crippen LogP contribution in [0.2, 0.25) is 0 Å². The molecule has 1 aliphatic rings. The number of carboxylic acids is 1. The Bertz CT molecular complexity index is 849. The van der Waals surface area contributed by atoms with Gasteiger partial charge in [0.25, 0.3) is 0 Å². The fourth-order valence-electron chi connectivity index (χ4n) is 3.30. The Morgan fingerprint density at radius 3 is 2.62 bits per heavy atom. The van der Waals surface area contributed by atoms with Crippen molar-refractivity contribution >= 4 is 28.6 Å². The zero-order valence-electron chi connectivity index (χ0n) is 14.6. The van der Waals surface area contributed by atoms with E-state index in [9.17, 15) is 19.5 Å². The smallest absolute Gasteiger partial charge is 0.308 e. The molecule has 6 nitrogen and oxygen atoms in total. The molecule has 2 aromatic rings. The summed E-state index contributed by atoms with van der Waals surface area (Å²) in [7, 11) is 1.66. The molecule has 1 fully saturated rings. The molecular weight excluding hydrogens is 332 g/mol. The van der Waals surface area contributed by atoms with Gasteiger partial charge in [-0.2, -0.15) is 0 Å². The van der Waals surface area contributed by atoms with Crippen LogP contribution >= 0.6 is 0 Å². The van der Waals surface area contributed by atoms with E-state index in [0.717, 1.165) is 16.3 Å². The Hall–Kier alpha value is -2.89. The van der Waals surface area contributed by atoms with E-state index in [1.165, 1.54) is 4.90 Å². The van der Waals surface area contributed by atoms with Crippen LogP contribution in [0.15, 0.2) is 42.5 Å². The van der Waals surface area contributed by atoms with Crippen molar-refractivity contribution in [3.05, 3.63) is 48.0 Å². The Labute approximate surface area is 151 Å². The molecule has 1 heterocycles. The van der Waals surface area contributed by atoms with Crippen molar-refractivity contribution in [2.24, 2.45) is 11.8 Å². The Kier molecular flexibility index (Phi) is 5.21. The first kappa shape index (κ1) is 17.9. The summed E-state index contributed by atoms with van der Waals surface area (Å²) in [5, 5.41) is 14.4. The molecule has 2 N–H and O–H groups in total. The number of hydrogen-bond acceptors (Lipinski definition) is 3. The number of nitrogens with one attached hydrogen (secondary N) is 1. The monoisotopic (exact) mass is 354 g/mol. The average Bonchev–Trinajstić information content (AvgIpc) is 2.97. The maximum atomic E-state index is 12.2. The summed E-state index contributed by atoms with van der Waals surface area (Å²) in [4.78, 5) is 36.9. The van der Waals surface area contributed by atoms with Gasteiger partial charge in [-0.15, -0.1) is 0 Å². The molecule has 1 saturated heterocycles. The van der Waals surface area contributed by atoms with Crippen molar-refractivity contribution in [1.29, 1.82) is 0 Å². The highest BCUT2D eigenvalue weighted by Crippen LogP contribution is 2.19. The van der Waals surface area contributed by atoms with E-state index in [2.05, 4.69) is 5.32 Å². The lowest BCUT2D eigenvalue weighted by Crippen LogP contribution is -2.38. The van der Waals surface area contributed by atoms with Gasteiger partial charge < -0.3 is 15.3 Å². The lowest BCUT2D eigenvalue weighted by Gasteiger charge is -2.16. The minimum absolute atomic E-state index is 0.0510. The predicted molar refractivity (Wildman–Crippen MR) is 97.5 cm³/mol. The SMILES string of the molecule is CN1CC(C(=O)NCC(Cc2ccc3ccccc3c2)C(=O)O)CC1=O. The first-order chi connectivity index (χ1) is 12.4. The zero-order chi connectivity index (χ0) is 18.7. The lowest BCUT2D eigenvalue weighted by molar-refractivity contribution is -0.141. The van der Waals surface area contributed by atoms with Gasteiger partial charge in [-0.05, 0) is 22.8 Å². The average molecular weight is 354 g/mol. The van der Waals surface area contributed by atoms with Gasteiger partial charge in [0.1, 0.15) is 0 Å². The third-order valence-electron chi connectivity index (χ3n) is 4.88. The molecule has 2 atom stereocenters. The molecule has 6 heteroatoms. The van der Waals surface area contributed by atoms with Crippen LogP contribution in [0, 0.1) is 11.8 Å². The van der Waals surface area contributed by atoms with Crippen molar-refractivity contribution in [1.82, 2.24) is 10.2 Å². The van der Waals surface area contributed by atoms with Gasteiger partial charge >= 0.3 is 5.97 Å². The van der Waals surface area contributed by atoms with Gasteiger partial charge in [-0.1, -0.05) is 42.5 Å². The van der Waals surface area contributed by atoms with E-state index in [0.29, 0.717) is 13.0 Å². The highest BCUT2D eigenvalue weighted by atomic mass is 16.4. The number of likely N-dealkylation sites (tertiary alicyclic amines) is 1. The number of carboxylic acid groups (broad SMARTS) is 1. The van der Waals surface area contributed by atoms with Gasteiger partial charge in [-0.25, -0.2) is 0 Å². The highest BCUT2D eigenvalue weighted by molar-refractivity contribution is 5.89. The van der Waals surface area contributed by atoms with Crippen LogP contribution < -0.4 is 5.32 Å². The van der Waals surface area contributed by atoms with E-state index in [4.69, 9.17) is 0 Å². The molecule has 26 heavy (non-hydrogen) atoms. The maximum Gasteiger partial charge on any atom is 0.308 e. The summed E-state index contributed by atoms with van der Waals surface area (Å²) in [6.07, 6.45) is 0.523. The molecule has 0 aromatic heterocycles. The summed E-state index contributed by atoms with van der Waals surface area (Å²) in [5.41, 5.74) is 0.918. The van der Waals surface area contributed by atoms with E-state index < -0.39 is 17.8 Å². The van der Waals surface area contributed by atoms with Gasteiger partial charge in [-0.3, -0.25) is 14.4 Å². The van der Waals surface area contributed by atoms with E-state index in [1.807, 2.05) is 42.5 Å². The fourth-order valence-corrected chi connectivity index (χ4v) is 3.30. The molecule has 0 aliphatic carbocycles. The van der Waals surface area contributed by atoms with Crippen molar-refractivity contribution in [3.63, 3.8) is 0 Å². The van der Waals surface area contributed by atoms with E-state index in [-0.39, 0.29) is 24.8 Å². The van der Waals surface area contributed by atoms with Crippen LogP contribution in [0.25, 0.3) is 10.8 Å². The first-order valence-electron chi connectivity index (χ1n) is 8.66. The number of aliphatic carboxylic acids is 1. The topological polar surface area (TPSA) is 86.7 Å². The van der Waals surface area contributed by atoms with Crippen LogP contribution in [-0.4, -0.2) is 47.9 Å². The maximum absolute atomic E-state index is 12.2. The molecule has 136 valence electrons.